The van der Waals surface area contributed by atoms with Gasteiger partial charge in [-0.2, -0.15) is 0 Å². The lowest BCUT2D eigenvalue weighted by Crippen LogP contribution is -2.45. The molecular formula is C12H17N3O4S. The molecule has 0 saturated heterocycles. The van der Waals surface area contributed by atoms with Crippen LogP contribution in [0, 0.1) is 12.8 Å². The van der Waals surface area contributed by atoms with Crippen LogP contribution in [0.15, 0.2) is 5.38 Å². The van der Waals surface area contributed by atoms with E-state index in [4.69, 9.17) is 10.5 Å². The fourth-order valence-electron chi connectivity index (χ4n) is 1.51. The van der Waals surface area contributed by atoms with Gasteiger partial charge < -0.3 is 10.5 Å². The van der Waals surface area contributed by atoms with E-state index in [0.29, 0.717) is 5.69 Å². The lowest BCUT2D eigenvalue weighted by molar-refractivity contribution is -0.157. The highest BCUT2D eigenvalue weighted by Gasteiger charge is 2.27. The number of aryl methyl sites for hydroxylation is 1. The molecule has 3 N–H and O–H groups in total. The summed E-state index contributed by atoms with van der Waals surface area (Å²) in [5.41, 5.74) is 5.46. The molecule has 0 aliphatic heterocycles. The van der Waals surface area contributed by atoms with E-state index in [2.05, 4.69) is 4.98 Å². The number of imide groups is 1. The highest BCUT2D eigenvalue weighted by Crippen LogP contribution is 2.12. The van der Waals surface area contributed by atoms with Crippen LogP contribution in [-0.2, 0) is 20.7 Å². The van der Waals surface area contributed by atoms with Crippen LogP contribution in [0.5, 0.6) is 0 Å². The molecule has 1 rings (SSSR count). The molecule has 0 fully saturated rings. The van der Waals surface area contributed by atoms with Crippen molar-refractivity contribution in [2.45, 2.75) is 33.3 Å². The van der Waals surface area contributed by atoms with Gasteiger partial charge in [0.1, 0.15) is 0 Å². The number of nitrogens with one attached hydrogen (secondary N) is 1. The quantitative estimate of drug-likeness (QED) is 0.779. The van der Waals surface area contributed by atoms with E-state index in [0.717, 1.165) is 5.01 Å². The molecule has 0 bridgehead atoms. The van der Waals surface area contributed by atoms with Gasteiger partial charge in [-0.1, -0.05) is 13.8 Å². The predicted octanol–water partition coefficient (Wildman–Crippen LogP) is 0.757. The number of carbonyl (C=O) groups excluding carboxylic acids is 3. The first kappa shape index (κ1) is 16.1. The highest BCUT2D eigenvalue weighted by molar-refractivity contribution is 7.09. The molecule has 8 heteroatoms. The van der Waals surface area contributed by atoms with E-state index in [1.165, 1.54) is 11.3 Å². The minimum Gasteiger partial charge on any atom is -0.452 e. The summed E-state index contributed by atoms with van der Waals surface area (Å²) in [5, 5.41) is 4.51. The van der Waals surface area contributed by atoms with E-state index < -0.39 is 24.0 Å². The number of primary amides is 1. The largest absolute Gasteiger partial charge is 0.452 e. The number of amides is 3. The number of carbonyl (C=O) groups is 3. The van der Waals surface area contributed by atoms with E-state index >= 15 is 0 Å². The molecule has 1 unspecified atom stereocenters. The average Bonchev–Trinajstić information content (AvgIpc) is 2.70. The maximum atomic E-state index is 11.8. The van der Waals surface area contributed by atoms with Crippen LogP contribution in [0.2, 0.25) is 0 Å². The van der Waals surface area contributed by atoms with Crippen LogP contribution in [0.4, 0.5) is 4.79 Å². The summed E-state index contributed by atoms with van der Waals surface area (Å²) in [7, 11) is 0. The summed E-state index contributed by atoms with van der Waals surface area (Å²) in [5.74, 6) is -1.58. The number of urea groups is 1. The molecule has 20 heavy (non-hydrogen) atoms. The van der Waals surface area contributed by atoms with Crippen LogP contribution in [0.3, 0.4) is 0 Å². The Morgan fingerprint density at radius 1 is 1.45 bits per heavy atom. The van der Waals surface area contributed by atoms with Crippen molar-refractivity contribution in [1.29, 1.82) is 0 Å². The van der Waals surface area contributed by atoms with Gasteiger partial charge in [0.2, 0.25) is 0 Å². The van der Waals surface area contributed by atoms with E-state index in [9.17, 15) is 14.4 Å². The molecule has 0 saturated carbocycles. The molecule has 1 aromatic rings. The zero-order valence-corrected chi connectivity index (χ0v) is 12.3. The third-order valence-corrected chi connectivity index (χ3v) is 3.18. The standard InChI is InChI=1S/C12H17N3O4S/c1-6(2)10(11(17)15-12(13)18)19-9(16)4-8-5-20-7(3)14-8/h5-6,10H,4H2,1-3H3,(H3,13,15,17,18). The monoisotopic (exact) mass is 299 g/mol. The van der Waals surface area contributed by atoms with Crippen LogP contribution in [0.1, 0.15) is 24.5 Å². The van der Waals surface area contributed by atoms with Gasteiger partial charge in [0.15, 0.2) is 6.10 Å². The number of hydrogen-bond donors (Lipinski definition) is 2. The Morgan fingerprint density at radius 2 is 2.10 bits per heavy atom. The Bertz CT molecular complexity index is 513. The second kappa shape index (κ2) is 6.99. The molecule has 0 aromatic carbocycles. The zero-order valence-electron chi connectivity index (χ0n) is 11.5. The van der Waals surface area contributed by atoms with Crippen molar-refractivity contribution in [1.82, 2.24) is 10.3 Å². The Kier molecular flexibility index (Phi) is 5.63. The van der Waals surface area contributed by atoms with Crippen molar-refractivity contribution >= 4 is 29.2 Å². The fraction of sp³-hybridized carbons (Fsp3) is 0.500. The molecule has 110 valence electrons. The van der Waals surface area contributed by atoms with Crippen LogP contribution < -0.4 is 11.1 Å². The number of thiazole rings is 1. The number of nitrogens with zero attached hydrogens (tertiary/aromatic N) is 1. The smallest absolute Gasteiger partial charge is 0.318 e. The summed E-state index contributed by atoms with van der Waals surface area (Å²) < 4.78 is 5.09. The predicted molar refractivity (Wildman–Crippen MR) is 73.0 cm³/mol. The third-order valence-electron chi connectivity index (χ3n) is 2.36. The summed E-state index contributed by atoms with van der Waals surface area (Å²) in [4.78, 5) is 38.3. The maximum absolute atomic E-state index is 11.8. The summed E-state index contributed by atoms with van der Waals surface area (Å²) in [6, 6.07) is -0.980. The van der Waals surface area contributed by atoms with Gasteiger partial charge in [-0.05, 0) is 12.8 Å². The van der Waals surface area contributed by atoms with Crippen molar-refractivity contribution in [3.63, 3.8) is 0 Å². The number of aromatic nitrogens is 1. The lowest BCUT2D eigenvalue weighted by Gasteiger charge is -2.19. The Balaban J connectivity index is 2.63. The van der Waals surface area contributed by atoms with Crippen molar-refractivity contribution in [2.75, 3.05) is 0 Å². The number of rotatable bonds is 5. The highest BCUT2D eigenvalue weighted by atomic mass is 32.1. The van der Waals surface area contributed by atoms with Gasteiger partial charge in [-0.25, -0.2) is 9.78 Å². The van der Waals surface area contributed by atoms with Crippen molar-refractivity contribution < 1.29 is 19.1 Å². The molecule has 0 aliphatic carbocycles. The molecule has 0 aliphatic rings. The van der Waals surface area contributed by atoms with Crippen LogP contribution >= 0.6 is 11.3 Å². The van der Waals surface area contributed by atoms with Gasteiger partial charge >= 0.3 is 12.0 Å². The van der Waals surface area contributed by atoms with Crippen molar-refractivity contribution in [2.24, 2.45) is 11.7 Å². The molecule has 0 spiro atoms. The second-order valence-corrected chi connectivity index (χ2v) is 5.60. The van der Waals surface area contributed by atoms with Crippen molar-refractivity contribution in [3.8, 4) is 0 Å². The minimum absolute atomic E-state index is 0.0165. The molecule has 1 aromatic heterocycles. The van der Waals surface area contributed by atoms with E-state index in [1.54, 1.807) is 19.2 Å². The second-order valence-electron chi connectivity index (χ2n) is 4.54. The number of hydrogen-bond acceptors (Lipinski definition) is 6. The number of ether oxygens (including phenoxy) is 1. The summed E-state index contributed by atoms with van der Waals surface area (Å²) >= 11 is 1.43. The fourth-order valence-corrected chi connectivity index (χ4v) is 2.12. The van der Waals surface area contributed by atoms with Crippen LogP contribution in [-0.4, -0.2) is 29.0 Å². The summed E-state index contributed by atoms with van der Waals surface area (Å²) in [6.45, 7) is 5.23. The lowest BCUT2D eigenvalue weighted by atomic mass is 10.1. The molecule has 3 amide bonds. The topological polar surface area (TPSA) is 111 Å². The van der Waals surface area contributed by atoms with Crippen molar-refractivity contribution in [3.05, 3.63) is 16.1 Å². The maximum Gasteiger partial charge on any atom is 0.318 e. The third kappa shape index (κ3) is 4.96. The average molecular weight is 299 g/mol. The first-order valence-corrected chi connectivity index (χ1v) is 6.88. The summed E-state index contributed by atoms with van der Waals surface area (Å²) in [6.07, 6.45) is -1.08. The molecule has 1 atom stereocenters. The van der Waals surface area contributed by atoms with Gasteiger partial charge in [0, 0.05) is 5.38 Å². The molecular weight excluding hydrogens is 282 g/mol. The van der Waals surface area contributed by atoms with E-state index in [1.807, 2.05) is 12.2 Å². The SMILES string of the molecule is Cc1nc(CC(=O)OC(C(=O)NC(N)=O)C(C)C)cs1. The Hall–Kier alpha value is -1.96. The van der Waals surface area contributed by atoms with Gasteiger partial charge in [-0.15, -0.1) is 11.3 Å². The Labute approximate surface area is 120 Å². The van der Waals surface area contributed by atoms with Gasteiger partial charge in [-0.3, -0.25) is 14.9 Å². The van der Waals surface area contributed by atoms with Crippen LogP contribution in [0.25, 0.3) is 0 Å². The van der Waals surface area contributed by atoms with Gasteiger partial charge in [0.25, 0.3) is 5.91 Å². The zero-order chi connectivity index (χ0) is 15.3. The van der Waals surface area contributed by atoms with Gasteiger partial charge in [0.05, 0.1) is 17.1 Å². The number of nitrogens with two attached hydrogens (primary N) is 1. The first-order valence-electron chi connectivity index (χ1n) is 6.00. The molecule has 7 nitrogen and oxygen atoms in total. The molecule has 0 radical (unpaired) electrons. The Morgan fingerprint density at radius 3 is 2.55 bits per heavy atom. The normalized spacial score (nSPS) is 12.0. The minimum atomic E-state index is -1.06. The van der Waals surface area contributed by atoms with E-state index in [-0.39, 0.29) is 12.3 Å². The number of esters is 1. The first-order chi connectivity index (χ1) is 9.29. The molecule has 1 heterocycles.